The van der Waals surface area contributed by atoms with Crippen LogP contribution in [-0.2, 0) is 6.42 Å². The molecule has 4 nitrogen and oxygen atoms in total. The van der Waals surface area contributed by atoms with Crippen molar-refractivity contribution >= 4 is 11.5 Å². The molecule has 24 heavy (non-hydrogen) atoms. The molecule has 0 unspecified atom stereocenters. The second-order valence-electron chi connectivity index (χ2n) is 5.86. The van der Waals surface area contributed by atoms with Gasteiger partial charge in [-0.15, -0.1) is 0 Å². The number of benzene rings is 1. The maximum absolute atomic E-state index is 5.37. The van der Waals surface area contributed by atoms with E-state index in [1.54, 1.807) is 6.26 Å². The lowest BCUT2D eigenvalue weighted by molar-refractivity contribution is 0.439. The van der Waals surface area contributed by atoms with Crippen molar-refractivity contribution in [1.82, 2.24) is 10.2 Å². The largest absolute Gasteiger partial charge is 0.469 e. The van der Waals surface area contributed by atoms with E-state index in [0.29, 0.717) is 0 Å². The summed E-state index contributed by atoms with van der Waals surface area (Å²) >= 11 is 0. The van der Waals surface area contributed by atoms with Crippen LogP contribution in [-0.4, -0.2) is 37.0 Å². The van der Waals surface area contributed by atoms with Crippen LogP contribution in [0.15, 0.2) is 64.2 Å². The van der Waals surface area contributed by atoms with Gasteiger partial charge in [0.2, 0.25) is 0 Å². The number of rotatable bonds is 5. The molecule has 1 aromatic carbocycles. The average Bonchev–Trinajstić information content (AvgIpc) is 3.15. The zero-order valence-electron chi connectivity index (χ0n) is 14.2. The second-order valence-corrected chi connectivity index (χ2v) is 5.86. The molecular weight excluding hydrogens is 298 g/mol. The van der Waals surface area contributed by atoms with Gasteiger partial charge in [0.1, 0.15) is 5.76 Å². The van der Waals surface area contributed by atoms with Crippen molar-refractivity contribution < 1.29 is 4.42 Å². The molecule has 2 heterocycles. The number of nitrogens with one attached hydrogen (secondary N) is 1. The SMILES string of the molecule is CCNC(=NCCc1ccco1)N1CC=C(c2ccccc2)CC1. The molecule has 0 radical (unpaired) electrons. The number of nitrogens with zero attached hydrogens (tertiary/aromatic N) is 2. The molecule has 0 saturated carbocycles. The van der Waals surface area contributed by atoms with Crippen LogP contribution in [0.1, 0.15) is 24.7 Å². The minimum absolute atomic E-state index is 0.738. The van der Waals surface area contributed by atoms with Gasteiger partial charge >= 0.3 is 0 Å². The van der Waals surface area contributed by atoms with E-state index in [1.807, 2.05) is 12.1 Å². The van der Waals surface area contributed by atoms with Gasteiger partial charge in [0.15, 0.2) is 5.96 Å². The molecular formula is C20H25N3O. The summed E-state index contributed by atoms with van der Waals surface area (Å²) in [6, 6.07) is 14.6. The Morgan fingerprint density at radius 2 is 2.08 bits per heavy atom. The molecule has 2 aromatic rings. The van der Waals surface area contributed by atoms with Gasteiger partial charge in [-0.25, -0.2) is 0 Å². The molecule has 0 spiro atoms. The lowest BCUT2D eigenvalue weighted by Crippen LogP contribution is -2.43. The highest BCUT2D eigenvalue weighted by molar-refractivity contribution is 5.81. The fraction of sp³-hybridized carbons (Fsp3) is 0.350. The third-order valence-electron chi connectivity index (χ3n) is 4.19. The second kappa shape index (κ2) is 8.39. The highest BCUT2D eigenvalue weighted by Crippen LogP contribution is 2.21. The van der Waals surface area contributed by atoms with Crippen molar-refractivity contribution in [3.05, 3.63) is 66.1 Å². The quantitative estimate of drug-likeness (QED) is 0.675. The van der Waals surface area contributed by atoms with E-state index in [-0.39, 0.29) is 0 Å². The van der Waals surface area contributed by atoms with Crippen LogP contribution < -0.4 is 5.32 Å². The number of guanidine groups is 1. The monoisotopic (exact) mass is 323 g/mol. The van der Waals surface area contributed by atoms with Crippen LogP contribution in [0.5, 0.6) is 0 Å². The van der Waals surface area contributed by atoms with Gasteiger partial charge in [0.25, 0.3) is 0 Å². The molecule has 0 atom stereocenters. The van der Waals surface area contributed by atoms with E-state index in [1.165, 1.54) is 11.1 Å². The molecule has 1 N–H and O–H groups in total. The van der Waals surface area contributed by atoms with Gasteiger partial charge in [-0.2, -0.15) is 0 Å². The molecule has 126 valence electrons. The molecule has 0 amide bonds. The number of furan rings is 1. The fourth-order valence-corrected chi connectivity index (χ4v) is 2.93. The summed E-state index contributed by atoms with van der Waals surface area (Å²) in [5.74, 6) is 1.98. The van der Waals surface area contributed by atoms with Gasteiger partial charge in [0, 0.05) is 32.6 Å². The zero-order valence-corrected chi connectivity index (χ0v) is 14.2. The van der Waals surface area contributed by atoms with Crippen molar-refractivity contribution in [2.45, 2.75) is 19.8 Å². The van der Waals surface area contributed by atoms with Gasteiger partial charge < -0.3 is 14.6 Å². The molecule has 1 aromatic heterocycles. The van der Waals surface area contributed by atoms with Crippen molar-refractivity contribution in [2.75, 3.05) is 26.2 Å². The molecule has 1 aliphatic rings. The first-order valence-corrected chi connectivity index (χ1v) is 8.67. The summed E-state index contributed by atoms with van der Waals surface area (Å²) in [5.41, 5.74) is 2.76. The van der Waals surface area contributed by atoms with Gasteiger partial charge in [0.05, 0.1) is 6.26 Å². The number of hydrogen-bond donors (Lipinski definition) is 1. The Morgan fingerprint density at radius 1 is 1.21 bits per heavy atom. The van der Waals surface area contributed by atoms with Gasteiger partial charge in [-0.3, -0.25) is 4.99 Å². The number of aliphatic imine (C=N–C) groups is 1. The van der Waals surface area contributed by atoms with E-state index in [2.05, 4.69) is 53.5 Å². The molecule has 1 aliphatic heterocycles. The third kappa shape index (κ3) is 4.28. The van der Waals surface area contributed by atoms with E-state index in [4.69, 9.17) is 9.41 Å². The summed E-state index contributed by atoms with van der Waals surface area (Å²) < 4.78 is 5.37. The minimum atomic E-state index is 0.738. The van der Waals surface area contributed by atoms with E-state index >= 15 is 0 Å². The molecule has 0 saturated heterocycles. The predicted octanol–water partition coefficient (Wildman–Crippen LogP) is 3.58. The van der Waals surface area contributed by atoms with E-state index in [9.17, 15) is 0 Å². The van der Waals surface area contributed by atoms with Crippen LogP contribution in [0.3, 0.4) is 0 Å². The minimum Gasteiger partial charge on any atom is -0.469 e. The van der Waals surface area contributed by atoms with Crippen LogP contribution in [0.4, 0.5) is 0 Å². The standard InChI is InChI=1S/C20H25N3O/c1-2-21-20(22-13-10-19-9-6-16-24-19)23-14-11-18(12-15-23)17-7-4-3-5-8-17/h3-9,11,16H,2,10,12-15H2,1H3,(H,21,22). The van der Waals surface area contributed by atoms with Crippen LogP contribution in [0.2, 0.25) is 0 Å². The maximum atomic E-state index is 5.37. The normalized spacial score (nSPS) is 15.3. The van der Waals surface area contributed by atoms with E-state index < -0.39 is 0 Å². The van der Waals surface area contributed by atoms with Crippen molar-refractivity contribution in [2.24, 2.45) is 4.99 Å². The third-order valence-corrected chi connectivity index (χ3v) is 4.19. The first kappa shape index (κ1) is 16.4. The Bertz CT molecular complexity index is 674. The van der Waals surface area contributed by atoms with Gasteiger partial charge in [-0.1, -0.05) is 36.4 Å². The summed E-state index contributed by atoms with van der Waals surface area (Å²) in [5, 5.41) is 3.40. The van der Waals surface area contributed by atoms with Crippen molar-refractivity contribution in [3.8, 4) is 0 Å². The molecule has 3 rings (SSSR count). The van der Waals surface area contributed by atoms with Gasteiger partial charge in [-0.05, 0) is 36.6 Å². The van der Waals surface area contributed by atoms with Crippen molar-refractivity contribution in [1.29, 1.82) is 0 Å². The van der Waals surface area contributed by atoms with Crippen LogP contribution >= 0.6 is 0 Å². The smallest absolute Gasteiger partial charge is 0.194 e. The first-order chi connectivity index (χ1) is 11.9. The first-order valence-electron chi connectivity index (χ1n) is 8.67. The Balaban J connectivity index is 1.61. The molecule has 0 aliphatic carbocycles. The summed E-state index contributed by atoms with van der Waals surface area (Å²) in [6.45, 7) is 5.62. The average molecular weight is 323 g/mol. The summed E-state index contributed by atoms with van der Waals surface area (Å²) in [6.07, 6.45) is 5.91. The Kier molecular flexibility index (Phi) is 5.72. The van der Waals surface area contributed by atoms with E-state index in [0.717, 1.165) is 50.7 Å². The summed E-state index contributed by atoms with van der Waals surface area (Å²) in [7, 11) is 0. The fourth-order valence-electron chi connectivity index (χ4n) is 2.93. The van der Waals surface area contributed by atoms with Crippen LogP contribution in [0.25, 0.3) is 5.57 Å². The molecule has 0 bridgehead atoms. The zero-order chi connectivity index (χ0) is 16.6. The lowest BCUT2D eigenvalue weighted by atomic mass is 10.00. The highest BCUT2D eigenvalue weighted by Gasteiger charge is 2.15. The highest BCUT2D eigenvalue weighted by atomic mass is 16.3. The molecule has 0 fully saturated rings. The maximum Gasteiger partial charge on any atom is 0.194 e. The predicted molar refractivity (Wildman–Crippen MR) is 99.0 cm³/mol. The Hall–Kier alpha value is -2.49. The number of hydrogen-bond acceptors (Lipinski definition) is 2. The van der Waals surface area contributed by atoms with Crippen LogP contribution in [0, 0.1) is 0 Å². The Morgan fingerprint density at radius 3 is 2.75 bits per heavy atom. The Labute approximate surface area is 143 Å². The topological polar surface area (TPSA) is 40.8 Å². The van der Waals surface area contributed by atoms with Crippen molar-refractivity contribution in [3.63, 3.8) is 0 Å². The lowest BCUT2D eigenvalue weighted by Gasteiger charge is -2.29. The molecule has 4 heteroatoms. The summed E-state index contributed by atoms with van der Waals surface area (Å²) in [4.78, 5) is 7.07.